The van der Waals surface area contributed by atoms with Gasteiger partial charge in [-0.3, -0.25) is 9.59 Å². The Labute approximate surface area is 117 Å². The molecule has 0 bridgehead atoms. The molecule has 1 amide bonds. The molecule has 108 valence electrons. The Morgan fingerprint density at radius 2 is 1.95 bits per heavy atom. The molecule has 0 aliphatic heterocycles. The van der Waals surface area contributed by atoms with Crippen LogP contribution in [-0.4, -0.2) is 34.0 Å². The van der Waals surface area contributed by atoms with E-state index in [9.17, 15) is 14.7 Å². The topological polar surface area (TPSA) is 77.8 Å². The fraction of sp³-hybridized carbons (Fsp3) is 0.467. The lowest BCUT2D eigenvalue weighted by Crippen LogP contribution is -2.29. The van der Waals surface area contributed by atoms with E-state index in [0.29, 0.717) is 6.54 Å². The molecule has 0 radical (unpaired) electrons. The Hall–Kier alpha value is -2.04. The van der Waals surface area contributed by atoms with Crippen molar-refractivity contribution in [2.45, 2.75) is 20.4 Å². The summed E-state index contributed by atoms with van der Waals surface area (Å²) in [6, 6.07) is 6.69. The normalized spacial score (nSPS) is 23.1. The van der Waals surface area contributed by atoms with Crippen molar-refractivity contribution >= 4 is 11.9 Å². The summed E-state index contributed by atoms with van der Waals surface area (Å²) in [7, 11) is 1.65. The molecule has 1 saturated carbocycles. The first-order valence-corrected chi connectivity index (χ1v) is 6.51. The van der Waals surface area contributed by atoms with Gasteiger partial charge in [-0.2, -0.15) is 0 Å². The number of carbonyl (C=O) groups is 2. The Balaban J connectivity index is 2.05. The lowest BCUT2D eigenvalue weighted by atomic mass is 10.1. The fourth-order valence-corrected chi connectivity index (χ4v) is 2.80. The maximum atomic E-state index is 12.3. The maximum Gasteiger partial charge on any atom is 0.307 e. The van der Waals surface area contributed by atoms with Crippen LogP contribution in [0, 0.1) is 17.3 Å². The molecule has 0 saturated heterocycles. The molecular weight excluding hydrogens is 258 g/mol. The summed E-state index contributed by atoms with van der Waals surface area (Å²) in [6.45, 7) is 3.96. The van der Waals surface area contributed by atoms with Gasteiger partial charge in [0.15, 0.2) is 0 Å². The van der Waals surface area contributed by atoms with Crippen LogP contribution >= 0.6 is 0 Å². The number of amides is 1. The maximum absolute atomic E-state index is 12.3. The highest BCUT2D eigenvalue weighted by Gasteiger charge is 2.66. The molecule has 1 fully saturated rings. The van der Waals surface area contributed by atoms with Gasteiger partial charge in [-0.05, 0) is 23.1 Å². The van der Waals surface area contributed by atoms with Crippen LogP contribution in [-0.2, 0) is 16.1 Å². The Morgan fingerprint density at radius 3 is 2.45 bits per heavy atom. The predicted octanol–water partition coefficient (Wildman–Crippen LogP) is 1.71. The number of carboxylic acids is 1. The number of carbonyl (C=O) groups excluding carboxylic acids is 1. The number of aromatic hydroxyl groups is 1. The molecule has 1 aromatic carbocycles. The van der Waals surface area contributed by atoms with E-state index in [1.807, 2.05) is 6.07 Å². The quantitative estimate of drug-likeness (QED) is 0.878. The van der Waals surface area contributed by atoms with Gasteiger partial charge in [0.1, 0.15) is 5.75 Å². The second kappa shape index (κ2) is 4.81. The molecule has 1 aromatic rings. The number of carboxylic acid groups (broad SMARTS) is 1. The zero-order chi connectivity index (χ0) is 15.1. The Bertz CT molecular complexity index is 553. The van der Waals surface area contributed by atoms with Crippen molar-refractivity contribution in [3.63, 3.8) is 0 Å². The number of aliphatic carboxylic acids is 1. The molecule has 5 nitrogen and oxygen atoms in total. The van der Waals surface area contributed by atoms with E-state index in [2.05, 4.69) is 0 Å². The van der Waals surface area contributed by atoms with Crippen LogP contribution in [0.25, 0.3) is 0 Å². The van der Waals surface area contributed by atoms with Crippen LogP contribution in [0.3, 0.4) is 0 Å². The first-order chi connectivity index (χ1) is 9.25. The number of phenolic OH excluding ortho intramolecular Hbond substituents is 1. The van der Waals surface area contributed by atoms with Crippen molar-refractivity contribution in [3.8, 4) is 5.75 Å². The zero-order valence-corrected chi connectivity index (χ0v) is 11.8. The lowest BCUT2D eigenvalue weighted by molar-refractivity contribution is -0.141. The smallest absolute Gasteiger partial charge is 0.307 e. The third-order valence-electron chi connectivity index (χ3n) is 4.07. The van der Waals surface area contributed by atoms with E-state index in [1.54, 1.807) is 39.1 Å². The van der Waals surface area contributed by atoms with Crippen LogP contribution < -0.4 is 0 Å². The van der Waals surface area contributed by atoms with Gasteiger partial charge in [-0.25, -0.2) is 0 Å². The van der Waals surface area contributed by atoms with Crippen LogP contribution in [0.2, 0.25) is 0 Å². The molecular formula is C15H19NO4. The van der Waals surface area contributed by atoms with Crippen LogP contribution in [0.15, 0.2) is 24.3 Å². The summed E-state index contributed by atoms with van der Waals surface area (Å²) < 4.78 is 0. The molecule has 0 heterocycles. The van der Waals surface area contributed by atoms with Crippen molar-refractivity contribution in [2.75, 3.05) is 7.05 Å². The molecule has 0 spiro atoms. The van der Waals surface area contributed by atoms with Crippen LogP contribution in [0.4, 0.5) is 0 Å². The van der Waals surface area contributed by atoms with E-state index in [1.165, 1.54) is 4.90 Å². The van der Waals surface area contributed by atoms with E-state index in [-0.39, 0.29) is 11.7 Å². The number of hydrogen-bond donors (Lipinski definition) is 2. The minimum Gasteiger partial charge on any atom is -0.508 e. The minimum atomic E-state index is -0.917. The van der Waals surface area contributed by atoms with E-state index < -0.39 is 23.2 Å². The van der Waals surface area contributed by atoms with Crippen molar-refractivity contribution in [2.24, 2.45) is 17.3 Å². The second-order valence-electron chi connectivity index (χ2n) is 5.98. The summed E-state index contributed by atoms with van der Waals surface area (Å²) in [6.07, 6.45) is 0. The molecule has 1 aliphatic rings. The largest absolute Gasteiger partial charge is 0.508 e. The minimum absolute atomic E-state index is 0.151. The SMILES string of the molecule is CN(Cc1cccc(O)c1)C(=O)[C@H]1[C@@H](C(=O)O)C1(C)C. The second-order valence-corrected chi connectivity index (χ2v) is 5.98. The highest BCUT2D eigenvalue weighted by molar-refractivity contribution is 5.91. The van der Waals surface area contributed by atoms with Gasteiger partial charge in [0.25, 0.3) is 0 Å². The van der Waals surface area contributed by atoms with Crippen molar-refractivity contribution in [1.82, 2.24) is 4.90 Å². The van der Waals surface area contributed by atoms with Crippen LogP contribution in [0.1, 0.15) is 19.4 Å². The van der Waals surface area contributed by atoms with Crippen molar-refractivity contribution in [3.05, 3.63) is 29.8 Å². The van der Waals surface area contributed by atoms with Gasteiger partial charge < -0.3 is 15.1 Å². The summed E-state index contributed by atoms with van der Waals surface area (Å²) in [4.78, 5) is 25.0. The van der Waals surface area contributed by atoms with Gasteiger partial charge in [0.05, 0.1) is 11.8 Å². The first-order valence-electron chi connectivity index (χ1n) is 6.51. The number of phenols is 1. The number of nitrogens with zero attached hydrogens (tertiary/aromatic N) is 1. The molecule has 5 heteroatoms. The molecule has 1 aliphatic carbocycles. The zero-order valence-electron chi connectivity index (χ0n) is 11.8. The summed E-state index contributed by atoms with van der Waals surface area (Å²) in [5.41, 5.74) is 0.321. The van der Waals surface area contributed by atoms with Crippen molar-refractivity contribution < 1.29 is 19.8 Å². The number of hydrogen-bond acceptors (Lipinski definition) is 3. The average Bonchev–Trinajstić information content (AvgIpc) is 2.91. The van der Waals surface area contributed by atoms with Gasteiger partial charge in [0.2, 0.25) is 5.91 Å². The van der Waals surface area contributed by atoms with Crippen LogP contribution in [0.5, 0.6) is 5.75 Å². The summed E-state index contributed by atoms with van der Waals surface area (Å²) >= 11 is 0. The highest BCUT2D eigenvalue weighted by atomic mass is 16.4. The molecule has 2 atom stereocenters. The standard InChI is InChI=1S/C15H19NO4/c1-15(2)11(12(15)14(19)20)13(18)16(3)8-9-5-4-6-10(17)7-9/h4-7,11-12,17H,8H2,1-3H3,(H,19,20)/t11-,12+/m1/s1. The monoisotopic (exact) mass is 277 g/mol. The predicted molar refractivity (Wildman–Crippen MR) is 73.0 cm³/mol. The van der Waals surface area contributed by atoms with E-state index in [4.69, 9.17) is 5.11 Å². The molecule has 0 unspecified atom stereocenters. The Kier molecular flexibility index (Phi) is 3.46. The van der Waals surface area contributed by atoms with E-state index >= 15 is 0 Å². The average molecular weight is 277 g/mol. The highest BCUT2D eigenvalue weighted by Crippen LogP contribution is 2.58. The third-order valence-corrected chi connectivity index (χ3v) is 4.07. The number of rotatable bonds is 4. The Morgan fingerprint density at radius 1 is 1.30 bits per heavy atom. The van der Waals surface area contributed by atoms with E-state index in [0.717, 1.165) is 5.56 Å². The molecule has 0 aromatic heterocycles. The molecule has 2 rings (SSSR count). The molecule has 2 N–H and O–H groups in total. The van der Waals surface area contributed by atoms with Gasteiger partial charge in [-0.15, -0.1) is 0 Å². The van der Waals surface area contributed by atoms with Gasteiger partial charge in [-0.1, -0.05) is 26.0 Å². The summed E-state index contributed by atoms with van der Waals surface area (Å²) in [5, 5.41) is 18.5. The fourth-order valence-electron chi connectivity index (χ4n) is 2.80. The summed E-state index contributed by atoms with van der Waals surface area (Å²) in [5.74, 6) is -2.01. The third kappa shape index (κ3) is 2.48. The van der Waals surface area contributed by atoms with Gasteiger partial charge in [0, 0.05) is 13.6 Å². The first kappa shape index (κ1) is 14.4. The van der Waals surface area contributed by atoms with Crippen molar-refractivity contribution in [1.29, 1.82) is 0 Å². The lowest BCUT2D eigenvalue weighted by Gasteiger charge is -2.18. The molecule has 20 heavy (non-hydrogen) atoms. The number of benzene rings is 1. The van der Waals surface area contributed by atoms with Gasteiger partial charge >= 0.3 is 5.97 Å².